The van der Waals surface area contributed by atoms with Crippen LogP contribution in [0.2, 0.25) is 0 Å². The highest BCUT2D eigenvalue weighted by Gasteiger charge is 2.20. The van der Waals surface area contributed by atoms with Gasteiger partial charge < -0.3 is 10.4 Å². The molecule has 1 aromatic rings. The van der Waals surface area contributed by atoms with Crippen LogP contribution in [-0.4, -0.2) is 27.5 Å². The number of carbonyl (C=O) groups is 2. The van der Waals surface area contributed by atoms with E-state index in [1.54, 1.807) is 13.8 Å². The van der Waals surface area contributed by atoms with E-state index in [2.05, 4.69) is 5.32 Å². The third-order valence-corrected chi connectivity index (χ3v) is 3.68. The smallest absolute Gasteiger partial charge is 0.316 e. The van der Waals surface area contributed by atoms with Crippen molar-refractivity contribution in [3.05, 3.63) is 29.8 Å². The van der Waals surface area contributed by atoms with Crippen LogP contribution in [0.3, 0.4) is 0 Å². The summed E-state index contributed by atoms with van der Waals surface area (Å²) in [4.78, 5) is 22.5. The molecule has 0 aliphatic rings. The molecule has 0 bridgehead atoms. The fourth-order valence-electron chi connectivity index (χ4n) is 1.31. The van der Waals surface area contributed by atoms with Crippen LogP contribution in [0.15, 0.2) is 24.3 Å². The highest BCUT2D eigenvalue weighted by Crippen LogP contribution is 2.19. The molecule has 4 nitrogen and oxygen atoms in total. The van der Waals surface area contributed by atoms with Crippen molar-refractivity contribution >= 4 is 29.3 Å². The van der Waals surface area contributed by atoms with E-state index in [0.29, 0.717) is 0 Å². The van der Waals surface area contributed by atoms with Crippen LogP contribution < -0.4 is 5.32 Å². The Kier molecular flexibility index (Phi) is 5.22. The van der Waals surface area contributed by atoms with E-state index >= 15 is 0 Å². The van der Waals surface area contributed by atoms with Gasteiger partial charge in [0, 0.05) is 5.69 Å². The lowest BCUT2D eigenvalue weighted by atomic mass is 10.2. The number of rotatable bonds is 5. The number of aliphatic carboxylic acids is 1. The van der Waals surface area contributed by atoms with Gasteiger partial charge in [-0.1, -0.05) is 17.7 Å². The van der Waals surface area contributed by atoms with Crippen molar-refractivity contribution in [3.63, 3.8) is 0 Å². The Bertz CT molecular complexity index is 430. The fraction of sp³-hybridized carbons (Fsp3) is 0.385. The van der Waals surface area contributed by atoms with E-state index in [9.17, 15) is 9.59 Å². The van der Waals surface area contributed by atoms with Crippen molar-refractivity contribution < 1.29 is 14.7 Å². The van der Waals surface area contributed by atoms with Crippen molar-refractivity contribution in [1.29, 1.82) is 0 Å². The third kappa shape index (κ3) is 4.41. The van der Waals surface area contributed by atoms with Crippen molar-refractivity contribution in [1.82, 2.24) is 0 Å². The first-order valence-electron chi connectivity index (χ1n) is 5.66. The second kappa shape index (κ2) is 6.44. The van der Waals surface area contributed by atoms with E-state index in [4.69, 9.17) is 5.11 Å². The minimum atomic E-state index is -0.907. The SMILES string of the molecule is Cc1ccc(NC(=O)C(C)SC(C)C(=O)O)cc1. The van der Waals surface area contributed by atoms with E-state index in [1.165, 1.54) is 0 Å². The molecule has 0 aromatic heterocycles. The largest absolute Gasteiger partial charge is 0.480 e. The number of anilines is 1. The second-order valence-corrected chi connectivity index (χ2v) is 5.80. The minimum Gasteiger partial charge on any atom is -0.480 e. The van der Waals surface area contributed by atoms with Gasteiger partial charge in [0.2, 0.25) is 5.91 Å². The zero-order valence-electron chi connectivity index (χ0n) is 10.6. The number of benzene rings is 1. The number of carboxylic acid groups (broad SMARTS) is 1. The minimum absolute atomic E-state index is 0.183. The Morgan fingerprint density at radius 2 is 1.72 bits per heavy atom. The van der Waals surface area contributed by atoms with Gasteiger partial charge in [0.1, 0.15) is 5.25 Å². The first-order valence-corrected chi connectivity index (χ1v) is 6.60. The van der Waals surface area contributed by atoms with Gasteiger partial charge in [0.05, 0.1) is 5.25 Å². The predicted octanol–water partition coefficient (Wildman–Crippen LogP) is 2.53. The summed E-state index contributed by atoms with van der Waals surface area (Å²) in [6.45, 7) is 5.24. The van der Waals surface area contributed by atoms with E-state index in [1.807, 2.05) is 31.2 Å². The molecule has 0 aliphatic carbocycles. The zero-order valence-corrected chi connectivity index (χ0v) is 11.5. The van der Waals surface area contributed by atoms with Gasteiger partial charge >= 0.3 is 5.97 Å². The second-order valence-electron chi connectivity index (χ2n) is 4.11. The standard InChI is InChI=1S/C13H17NO3S/c1-8-4-6-11(7-5-8)14-12(15)9(2)18-10(3)13(16)17/h4-7,9-10H,1-3H3,(H,14,15)(H,16,17). The molecule has 0 saturated carbocycles. The quantitative estimate of drug-likeness (QED) is 0.860. The molecule has 2 N–H and O–H groups in total. The molecule has 0 aliphatic heterocycles. The number of carbonyl (C=O) groups excluding carboxylic acids is 1. The monoisotopic (exact) mass is 267 g/mol. The van der Waals surface area contributed by atoms with Crippen molar-refractivity contribution in [2.24, 2.45) is 0 Å². The summed E-state index contributed by atoms with van der Waals surface area (Å²) in [6, 6.07) is 7.47. The lowest BCUT2D eigenvalue weighted by molar-refractivity contribution is -0.136. The van der Waals surface area contributed by atoms with Gasteiger partial charge in [-0.3, -0.25) is 9.59 Å². The molecule has 5 heteroatoms. The summed E-state index contributed by atoms with van der Waals surface area (Å²) in [7, 11) is 0. The fourth-order valence-corrected chi connectivity index (χ4v) is 2.22. The first kappa shape index (κ1) is 14.6. The summed E-state index contributed by atoms with van der Waals surface area (Å²) < 4.78 is 0. The average Bonchev–Trinajstić information content (AvgIpc) is 2.31. The topological polar surface area (TPSA) is 66.4 Å². The Labute approximate surface area is 111 Å². The summed E-state index contributed by atoms with van der Waals surface area (Å²) in [5, 5.41) is 10.5. The molecule has 0 saturated heterocycles. The lowest BCUT2D eigenvalue weighted by Crippen LogP contribution is -2.26. The van der Waals surface area contributed by atoms with E-state index in [-0.39, 0.29) is 5.91 Å². The van der Waals surface area contributed by atoms with Crippen LogP contribution in [0, 0.1) is 6.92 Å². The average molecular weight is 267 g/mol. The Balaban J connectivity index is 2.54. The summed E-state index contributed by atoms with van der Waals surface area (Å²) in [5.74, 6) is -1.09. The lowest BCUT2D eigenvalue weighted by Gasteiger charge is -2.14. The molecule has 0 radical (unpaired) electrons. The Morgan fingerprint density at radius 1 is 1.17 bits per heavy atom. The van der Waals surface area contributed by atoms with Crippen LogP contribution >= 0.6 is 11.8 Å². The third-order valence-electron chi connectivity index (χ3n) is 2.44. The number of thioether (sulfide) groups is 1. The molecule has 1 amide bonds. The maximum absolute atomic E-state index is 11.8. The normalized spacial score (nSPS) is 13.7. The molecular weight excluding hydrogens is 250 g/mol. The molecule has 0 spiro atoms. The molecule has 1 aromatic carbocycles. The highest BCUT2D eigenvalue weighted by atomic mass is 32.2. The number of carboxylic acids is 1. The molecule has 18 heavy (non-hydrogen) atoms. The van der Waals surface area contributed by atoms with Crippen molar-refractivity contribution in [2.75, 3.05) is 5.32 Å². The molecule has 2 unspecified atom stereocenters. The van der Waals surface area contributed by atoms with Crippen LogP contribution in [0.4, 0.5) is 5.69 Å². The van der Waals surface area contributed by atoms with Crippen LogP contribution in [0.25, 0.3) is 0 Å². The van der Waals surface area contributed by atoms with Gasteiger partial charge in [0.25, 0.3) is 0 Å². The van der Waals surface area contributed by atoms with Crippen LogP contribution in [-0.2, 0) is 9.59 Å². The summed E-state index contributed by atoms with van der Waals surface area (Å²) >= 11 is 1.13. The van der Waals surface area contributed by atoms with Gasteiger partial charge in [-0.15, -0.1) is 11.8 Å². The number of hydrogen-bond acceptors (Lipinski definition) is 3. The van der Waals surface area contributed by atoms with Crippen LogP contribution in [0.1, 0.15) is 19.4 Å². The van der Waals surface area contributed by atoms with E-state index < -0.39 is 16.5 Å². The Hall–Kier alpha value is -1.49. The van der Waals surface area contributed by atoms with Crippen molar-refractivity contribution in [2.45, 2.75) is 31.3 Å². The molecular formula is C13H17NO3S. The zero-order chi connectivity index (χ0) is 13.7. The number of hydrogen-bond donors (Lipinski definition) is 2. The molecule has 1 rings (SSSR count). The molecule has 98 valence electrons. The van der Waals surface area contributed by atoms with Gasteiger partial charge in [-0.05, 0) is 32.9 Å². The summed E-state index contributed by atoms with van der Waals surface area (Å²) in [6.07, 6.45) is 0. The number of nitrogens with one attached hydrogen (secondary N) is 1. The molecule has 0 heterocycles. The van der Waals surface area contributed by atoms with Gasteiger partial charge in [-0.25, -0.2) is 0 Å². The highest BCUT2D eigenvalue weighted by molar-refractivity contribution is 8.01. The van der Waals surface area contributed by atoms with Gasteiger partial charge in [0.15, 0.2) is 0 Å². The number of amides is 1. The molecule has 2 atom stereocenters. The van der Waals surface area contributed by atoms with Crippen LogP contribution in [0.5, 0.6) is 0 Å². The maximum atomic E-state index is 11.8. The number of aryl methyl sites for hydroxylation is 1. The maximum Gasteiger partial charge on any atom is 0.316 e. The first-order chi connectivity index (χ1) is 8.40. The Morgan fingerprint density at radius 3 is 2.22 bits per heavy atom. The predicted molar refractivity (Wildman–Crippen MR) is 74.0 cm³/mol. The molecule has 0 fully saturated rings. The summed E-state index contributed by atoms with van der Waals surface area (Å²) in [5.41, 5.74) is 1.84. The van der Waals surface area contributed by atoms with Crippen molar-refractivity contribution in [3.8, 4) is 0 Å². The van der Waals surface area contributed by atoms with E-state index in [0.717, 1.165) is 23.0 Å². The van der Waals surface area contributed by atoms with Gasteiger partial charge in [-0.2, -0.15) is 0 Å².